The molecular weight excluding hydrogens is 312 g/mol. The zero-order valence-electron chi connectivity index (χ0n) is 14.6. The van der Waals surface area contributed by atoms with Gasteiger partial charge in [0.1, 0.15) is 12.9 Å². The molecule has 1 aromatic heterocycles. The maximum Gasteiger partial charge on any atom is 0.293 e. The summed E-state index contributed by atoms with van der Waals surface area (Å²) in [5.41, 5.74) is -0.311. The molecule has 2 atom stereocenters. The molecule has 0 N–H and O–H groups in total. The van der Waals surface area contributed by atoms with Gasteiger partial charge in [-0.2, -0.15) is 0 Å². The molecule has 1 aromatic rings. The van der Waals surface area contributed by atoms with Crippen molar-refractivity contribution in [3.8, 4) is 0 Å². The van der Waals surface area contributed by atoms with E-state index in [-0.39, 0.29) is 35.7 Å². The standard InChI is InChI=1S/C15H24N6O3/c1-18(2)11-5-21(14(23)13-16-10-20(4)17-13)8-15(11)7-19(3)12(22)6-24-9-15/h10-11H,5-9H2,1-4H3/t11-,15-/m1/s1. The quantitative estimate of drug-likeness (QED) is 0.666. The summed E-state index contributed by atoms with van der Waals surface area (Å²) >= 11 is 0. The van der Waals surface area contributed by atoms with Gasteiger partial charge in [-0.25, -0.2) is 4.98 Å². The van der Waals surface area contributed by atoms with Crippen LogP contribution in [0, 0.1) is 5.41 Å². The van der Waals surface area contributed by atoms with Gasteiger partial charge in [-0.15, -0.1) is 5.10 Å². The van der Waals surface area contributed by atoms with E-state index in [1.165, 1.54) is 11.0 Å². The van der Waals surface area contributed by atoms with Crippen molar-refractivity contribution >= 4 is 11.8 Å². The van der Waals surface area contributed by atoms with Crippen LogP contribution in [0.15, 0.2) is 6.33 Å². The van der Waals surface area contributed by atoms with E-state index < -0.39 is 0 Å². The van der Waals surface area contributed by atoms with E-state index in [1.807, 2.05) is 14.1 Å². The molecule has 3 rings (SSSR count). The summed E-state index contributed by atoms with van der Waals surface area (Å²) in [4.78, 5) is 34.3. The number of likely N-dealkylation sites (tertiary alicyclic amines) is 1. The third-order valence-corrected chi connectivity index (χ3v) is 4.90. The third-order valence-electron chi connectivity index (χ3n) is 4.90. The SMILES string of the molecule is CN1C[C@]2(COCC1=O)CN(C(=O)c1ncn(C)n1)C[C@H]2N(C)C. The van der Waals surface area contributed by atoms with E-state index in [9.17, 15) is 9.59 Å². The molecule has 0 saturated carbocycles. The Bertz CT molecular complexity index is 645. The molecular formula is C15H24N6O3. The minimum Gasteiger partial charge on any atom is -0.371 e. The number of aromatic nitrogens is 3. The Labute approximate surface area is 141 Å². The zero-order chi connectivity index (χ0) is 17.5. The van der Waals surface area contributed by atoms with Crippen LogP contribution in [0.3, 0.4) is 0 Å². The van der Waals surface area contributed by atoms with Gasteiger partial charge in [0.25, 0.3) is 5.91 Å². The van der Waals surface area contributed by atoms with Gasteiger partial charge in [0.2, 0.25) is 11.7 Å². The van der Waals surface area contributed by atoms with E-state index in [0.717, 1.165) is 0 Å². The molecule has 0 unspecified atom stereocenters. The number of rotatable bonds is 2. The second-order valence-electron chi connectivity index (χ2n) is 7.01. The van der Waals surface area contributed by atoms with Crippen molar-refractivity contribution in [2.45, 2.75) is 6.04 Å². The van der Waals surface area contributed by atoms with Crippen LogP contribution in [0.1, 0.15) is 10.6 Å². The molecule has 1 spiro atoms. The maximum absolute atomic E-state index is 12.7. The summed E-state index contributed by atoms with van der Waals surface area (Å²) in [6, 6.07) is 0.0958. The van der Waals surface area contributed by atoms with Crippen LogP contribution in [-0.4, -0.2) is 101 Å². The molecule has 0 bridgehead atoms. The van der Waals surface area contributed by atoms with Crippen molar-refractivity contribution in [3.63, 3.8) is 0 Å². The summed E-state index contributed by atoms with van der Waals surface area (Å²) in [5, 5.41) is 4.11. The van der Waals surface area contributed by atoms with Gasteiger partial charge in [-0.3, -0.25) is 14.3 Å². The molecule has 2 fully saturated rings. The molecule has 0 radical (unpaired) electrons. The van der Waals surface area contributed by atoms with E-state index in [1.54, 1.807) is 23.9 Å². The van der Waals surface area contributed by atoms with Crippen LogP contribution in [-0.2, 0) is 16.6 Å². The number of hydrogen-bond acceptors (Lipinski definition) is 6. The lowest BCUT2D eigenvalue weighted by Crippen LogP contribution is -2.51. The lowest BCUT2D eigenvalue weighted by Gasteiger charge is -2.37. The second-order valence-corrected chi connectivity index (χ2v) is 7.01. The minimum atomic E-state index is -0.311. The molecule has 0 aliphatic carbocycles. The van der Waals surface area contributed by atoms with E-state index in [2.05, 4.69) is 15.0 Å². The summed E-state index contributed by atoms with van der Waals surface area (Å²) in [7, 11) is 7.51. The lowest BCUT2D eigenvalue weighted by atomic mass is 9.82. The first-order valence-corrected chi connectivity index (χ1v) is 7.95. The number of nitrogens with zero attached hydrogens (tertiary/aromatic N) is 6. The normalized spacial score (nSPS) is 28.0. The lowest BCUT2D eigenvalue weighted by molar-refractivity contribution is -0.132. The van der Waals surface area contributed by atoms with Gasteiger partial charge in [0.15, 0.2) is 0 Å². The van der Waals surface area contributed by atoms with Crippen molar-refractivity contribution in [1.82, 2.24) is 29.5 Å². The number of carbonyl (C=O) groups is 2. The second kappa shape index (κ2) is 6.14. The predicted octanol–water partition coefficient (Wildman–Crippen LogP) is -1.32. The Kier molecular flexibility index (Phi) is 4.31. The predicted molar refractivity (Wildman–Crippen MR) is 85.3 cm³/mol. The maximum atomic E-state index is 12.7. The van der Waals surface area contributed by atoms with Gasteiger partial charge in [0, 0.05) is 45.2 Å². The van der Waals surface area contributed by atoms with Crippen molar-refractivity contribution in [1.29, 1.82) is 0 Å². The summed E-state index contributed by atoms with van der Waals surface area (Å²) in [5.74, 6) is -0.0101. The van der Waals surface area contributed by atoms with Crippen LogP contribution < -0.4 is 0 Å². The zero-order valence-corrected chi connectivity index (χ0v) is 14.6. The average molecular weight is 336 g/mol. The van der Waals surface area contributed by atoms with Crippen LogP contribution in [0.5, 0.6) is 0 Å². The summed E-state index contributed by atoms with van der Waals surface area (Å²) < 4.78 is 7.16. The number of hydrogen-bond donors (Lipinski definition) is 0. The number of aryl methyl sites for hydroxylation is 1. The van der Waals surface area contributed by atoms with Crippen molar-refractivity contribution in [2.24, 2.45) is 12.5 Å². The first-order chi connectivity index (χ1) is 11.3. The van der Waals surface area contributed by atoms with Crippen LogP contribution in [0.25, 0.3) is 0 Å². The van der Waals surface area contributed by atoms with Gasteiger partial charge >= 0.3 is 0 Å². The molecule has 132 valence electrons. The first kappa shape index (κ1) is 16.8. The highest BCUT2D eigenvalue weighted by Gasteiger charge is 2.51. The molecule has 9 nitrogen and oxygen atoms in total. The van der Waals surface area contributed by atoms with Crippen molar-refractivity contribution < 1.29 is 14.3 Å². The molecule has 3 heterocycles. The van der Waals surface area contributed by atoms with Crippen molar-refractivity contribution in [3.05, 3.63) is 12.2 Å². The van der Waals surface area contributed by atoms with Gasteiger partial charge in [-0.05, 0) is 14.1 Å². The van der Waals surface area contributed by atoms with E-state index in [0.29, 0.717) is 26.2 Å². The minimum absolute atomic E-state index is 0.0273. The van der Waals surface area contributed by atoms with Crippen LogP contribution >= 0.6 is 0 Å². The fourth-order valence-electron chi connectivity index (χ4n) is 3.75. The van der Waals surface area contributed by atoms with Crippen LogP contribution in [0.2, 0.25) is 0 Å². The topological polar surface area (TPSA) is 83.8 Å². The van der Waals surface area contributed by atoms with E-state index in [4.69, 9.17) is 4.74 Å². The smallest absolute Gasteiger partial charge is 0.293 e. The summed E-state index contributed by atoms with van der Waals surface area (Å²) in [6.07, 6.45) is 1.52. The Hall–Kier alpha value is -2.00. The number of carbonyl (C=O) groups excluding carboxylic acids is 2. The summed E-state index contributed by atoms with van der Waals surface area (Å²) in [6.45, 7) is 2.19. The molecule has 2 saturated heterocycles. The fraction of sp³-hybridized carbons (Fsp3) is 0.733. The number of ether oxygens (including phenoxy) is 1. The third kappa shape index (κ3) is 2.89. The molecule has 9 heteroatoms. The first-order valence-electron chi connectivity index (χ1n) is 7.95. The van der Waals surface area contributed by atoms with Crippen LogP contribution in [0.4, 0.5) is 0 Å². The molecule has 2 aliphatic rings. The number of likely N-dealkylation sites (N-methyl/N-ethyl adjacent to an activating group) is 2. The van der Waals surface area contributed by atoms with Gasteiger partial charge in [-0.1, -0.05) is 0 Å². The largest absolute Gasteiger partial charge is 0.371 e. The van der Waals surface area contributed by atoms with Crippen molar-refractivity contribution in [2.75, 3.05) is 54.0 Å². The monoisotopic (exact) mass is 336 g/mol. The molecule has 0 aromatic carbocycles. The highest BCUT2D eigenvalue weighted by atomic mass is 16.5. The highest BCUT2D eigenvalue weighted by Crippen LogP contribution is 2.36. The fourth-order valence-corrected chi connectivity index (χ4v) is 3.75. The average Bonchev–Trinajstić information content (AvgIpc) is 3.07. The van der Waals surface area contributed by atoms with E-state index >= 15 is 0 Å². The van der Waals surface area contributed by atoms with Gasteiger partial charge < -0.3 is 19.4 Å². The molecule has 2 amide bonds. The van der Waals surface area contributed by atoms with Gasteiger partial charge in [0.05, 0.1) is 6.61 Å². The molecule has 2 aliphatic heterocycles. The Morgan fingerprint density at radius 2 is 2.12 bits per heavy atom. The highest BCUT2D eigenvalue weighted by molar-refractivity contribution is 5.90. The Balaban J connectivity index is 1.86. The Morgan fingerprint density at radius 3 is 2.75 bits per heavy atom. The number of amides is 2. The molecule has 24 heavy (non-hydrogen) atoms. The Morgan fingerprint density at radius 1 is 1.38 bits per heavy atom.